The molecule has 4 nitrogen and oxygen atoms in total. The molecule has 0 unspecified atom stereocenters. The molecule has 0 aromatic heterocycles. The maximum absolute atomic E-state index is 9.16. The summed E-state index contributed by atoms with van der Waals surface area (Å²) in [5, 5.41) is 16.7. The SMILES string of the molecule is Oc1ccc(/C=N\NC(=S)NCc2ccccc2)cc1. The van der Waals surface area contributed by atoms with Crippen LogP contribution in [0.15, 0.2) is 59.7 Å². The molecule has 0 bridgehead atoms. The van der Waals surface area contributed by atoms with E-state index in [-0.39, 0.29) is 5.75 Å². The third-order valence-corrected chi connectivity index (χ3v) is 2.80. The largest absolute Gasteiger partial charge is 0.508 e. The molecule has 0 amide bonds. The highest BCUT2D eigenvalue weighted by Gasteiger charge is 1.94. The number of aromatic hydroxyl groups is 1. The summed E-state index contributed by atoms with van der Waals surface area (Å²) in [6.45, 7) is 0.654. The normalized spacial score (nSPS) is 10.4. The van der Waals surface area contributed by atoms with Crippen molar-refractivity contribution in [2.75, 3.05) is 0 Å². The Balaban J connectivity index is 1.76. The average Bonchev–Trinajstić information content (AvgIpc) is 2.48. The van der Waals surface area contributed by atoms with Crippen molar-refractivity contribution < 1.29 is 5.11 Å². The number of hydrogen-bond acceptors (Lipinski definition) is 3. The van der Waals surface area contributed by atoms with Gasteiger partial charge in [0.25, 0.3) is 0 Å². The fourth-order valence-corrected chi connectivity index (χ4v) is 1.67. The van der Waals surface area contributed by atoms with Gasteiger partial charge in [-0.3, -0.25) is 5.43 Å². The number of rotatable bonds is 4. The molecule has 20 heavy (non-hydrogen) atoms. The van der Waals surface area contributed by atoms with Crippen LogP contribution in [0, 0.1) is 0 Å². The van der Waals surface area contributed by atoms with E-state index in [1.54, 1.807) is 30.5 Å². The summed E-state index contributed by atoms with van der Waals surface area (Å²) < 4.78 is 0. The zero-order valence-electron chi connectivity index (χ0n) is 10.8. The van der Waals surface area contributed by atoms with Crippen LogP contribution in [0.1, 0.15) is 11.1 Å². The van der Waals surface area contributed by atoms with Crippen molar-refractivity contribution in [3.63, 3.8) is 0 Å². The number of nitrogens with one attached hydrogen (secondary N) is 2. The minimum atomic E-state index is 0.232. The molecule has 0 aliphatic carbocycles. The van der Waals surface area contributed by atoms with Crippen LogP contribution in [0.25, 0.3) is 0 Å². The number of hydrogen-bond donors (Lipinski definition) is 3. The van der Waals surface area contributed by atoms with Gasteiger partial charge < -0.3 is 10.4 Å². The molecular weight excluding hydrogens is 270 g/mol. The molecule has 0 spiro atoms. The fraction of sp³-hybridized carbons (Fsp3) is 0.0667. The van der Waals surface area contributed by atoms with Crippen molar-refractivity contribution in [1.29, 1.82) is 0 Å². The Bertz CT molecular complexity index is 582. The first-order valence-electron chi connectivity index (χ1n) is 6.14. The van der Waals surface area contributed by atoms with E-state index in [9.17, 15) is 0 Å². The summed E-state index contributed by atoms with van der Waals surface area (Å²) >= 11 is 5.11. The Morgan fingerprint density at radius 3 is 2.50 bits per heavy atom. The molecule has 0 radical (unpaired) electrons. The van der Waals surface area contributed by atoms with E-state index in [4.69, 9.17) is 17.3 Å². The van der Waals surface area contributed by atoms with Crippen LogP contribution in [0.2, 0.25) is 0 Å². The van der Waals surface area contributed by atoms with E-state index >= 15 is 0 Å². The van der Waals surface area contributed by atoms with E-state index in [0.29, 0.717) is 11.7 Å². The second-order valence-electron chi connectivity index (χ2n) is 4.13. The fourth-order valence-electron chi connectivity index (χ4n) is 1.54. The molecular formula is C15H15N3OS. The first kappa shape index (κ1) is 14.0. The van der Waals surface area contributed by atoms with Gasteiger partial charge in [-0.25, -0.2) is 0 Å². The Hall–Kier alpha value is -2.40. The number of phenols is 1. The van der Waals surface area contributed by atoms with Crippen molar-refractivity contribution in [1.82, 2.24) is 10.7 Å². The van der Waals surface area contributed by atoms with E-state index in [2.05, 4.69) is 15.8 Å². The second kappa shape index (κ2) is 7.25. The summed E-state index contributed by atoms with van der Waals surface area (Å²) in [6.07, 6.45) is 1.63. The van der Waals surface area contributed by atoms with E-state index < -0.39 is 0 Å². The monoisotopic (exact) mass is 285 g/mol. The Morgan fingerprint density at radius 2 is 1.80 bits per heavy atom. The first-order chi connectivity index (χ1) is 9.74. The third-order valence-electron chi connectivity index (χ3n) is 2.57. The average molecular weight is 285 g/mol. The molecule has 102 valence electrons. The Morgan fingerprint density at radius 1 is 1.10 bits per heavy atom. The van der Waals surface area contributed by atoms with E-state index in [0.717, 1.165) is 11.1 Å². The minimum Gasteiger partial charge on any atom is -0.508 e. The molecule has 0 atom stereocenters. The molecule has 0 saturated heterocycles. The van der Waals surface area contributed by atoms with Crippen molar-refractivity contribution in [3.05, 3.63) is 65.7 Å². The molecule has 2 aromatic carbocycles. The number of benzene rings is 2. The predicted octanol–water partition coefficient (Wildman–Crippen LogP) is 2.39. The quantitative estimate of drug-likeness (QED) is 0.459. The molecule has 0 heterocycles. The lowest BCUT2D eigenvalue weighted by Gasteiger charge is -2.06. The van der Waals surface area contributed by atoms with Gasteiger partial charge in [-0.05, 0) is 47.6 Å². The summed E-state index contributed by atoms with van der Waals surface area (Å²) in [5.41, 5.74) is 4.77. The van der Waals surface area contributed by atoms with Crippen LogP contribution in [0.4, 0.5) is 0 Å². The number of thiocarbonyl (C=S) groups is 1. The van der Waals surface area contributed by atoms with E-state index in [1.807, 2.05) is 30.3 Å². The Labute approximate surface area is 123 Å². The Kier molecular flexibility index (Phi) is 5.08. The van der Waals surface area contributed by atoms with Crippen LogP contribution in [-0.2, 0) is 6.54 Å². The lowest BCUT2D eigenvalue weighted by atomic mass is 10.2. The molecule has 2 rings (SSSR count). The van der Waals surface area contributed by atoms with Crippen LogP contribution in [-0.4, -0.2) is 16.4 Å². The summed E-state index contributed by atoms with van der Waals surface area (Å²) in [4.78, 5) is 0. The predicted molar refractivity (Wildman–Crippen MR) is 84.7 cm³/mol. The highest BCUT2D eigenvalue weighted by Crippen LogP contribution is 2.07. The number of hydrazone groups is 1. The standard InChI is InChI=1S/C15H15N3OS/c19-14-8-6-13(7-9-14)11-17-18-15(20)16-10-12-4-2-1-3-5-12/h1-9,11,19H,10H2,(H2,16,18,20)/b17-11-. The zero-order valence-corrected chi connectivity index (χ0v) is 11.6. The van der Waals surface area contributed by atoms with Crippen molar-refractivity contribution in [2.24, 2.45) is 5.10 Å². The van der Waals surface area contributed by atoms with Gasteiger partial charge in [0.2, 0.25) is 0 Å². The maximum Gasteiger partial charge on any atom is 0.187 e. The molecule has 0 aliphatic rings. The van der Waals surface area contributed by atoms with Gasteiger partial charge in [-0.1, -0.05) is 30.3 Å². The lowest BCUT2D eigenvalue weighted by molar-refractivity contribution is 0.475. The lowest BCUT2D eigenvalue weighted by Crippen LogP contribution is -2.31. The van der Waals surface area contributed by atoms with Crippen LogP contribution < -0.4 is 10.7 Å². The minimum absolute atomic E-state index is 0.232. The maximum atomic E-state index is 9.16. The highest BCUT2D eigenvalue weighted by atomic mass is 32.1. The topological polar surface area (TPSA) is 56.7 Å². The van der Waals surface area contributed by atoms with E-state index in [1.165, 1.54) is 0 Å². The highest BCUT2D eigenvalue weighted by molar-refractivity contribution is 7.80. The summed E-state index contributed by atoms with van der Waals surface area (Å²) in [5.74, 6) is 0.232. The van der Waals surface area contributed by atoms with Gasteiger partial charge >= 0.3 is 0 Å². The van der Waals surface area contributed by atoms with Crippen molar-refractivity contribution in [2.45, 2.75) is 6.54 Å². The van der Waals surface area contributed by atoms with Crippen LogP contribution >= 0.6 is 12.2 Å². The van der Waals surface area contributed by atoms with Gasteiger partial charge in [0.15, 0.2) is 5.11 Å². The van der Waals surface area contributed by atoms with Gasteiger partial charge in [-0.15, -0.1) is 0 Å². The van der Waals surface area contributed by atoms with Gasteiger partial charge in [0.05, 0.1) is 6.21 Å². The van der Waals surface area contributed by atoms with Crippen LogP contribution in [0.5, 0.6) is 5.75 Å². The number of phenolic OH excluding ortho intramolecular Hbond substituents is 1. The molecule has 2 aromatic rings. The molecule has 0 saturated carbocycles. The third kappa shape index (κ3) is 4.70. The molecule has 0 aliphatic heterocycles. The number of nitrogens with zero attached hydrogens (tertiary/aromatic N) is 1. The van der Waals surface area contributed by atoms with Gasteiger partial charge in [-0.2, -0.15) is 5.10 Å². The summed E-state index contributed by atoms with van der Waals surface area (Å²) in [6, 6.07) is 16.7. The molecule has 0 fully saturated rings. The smallest absolute Gasteiger partial charge is 0.187 e. The van der Waals surface area contributed by atoms with Crippen molar-refractivity contribution in [3.8, 4) is 5.75 Å². The zero-order chi connectivity index (χ0) is 14.2. The molecule has 5 heteroatoms. The van der Waals surface area contributed by atoms with Crippen molar-refractivity contribution >= 4 is 23.5 Å². The van der Waals surface area contributed by atoms with Crippen LogP contribution in [0.3, 0.4) is 0 Å². The second-order valence-corrected chi connectivity index (χ2v) is 4.54. The van der Waals surface area contributed by atoms with Gasteiger partial charge in [0.1, 0.15) is 5.75 Å². The van der Waals surface area contributed by atoms with Gasteiger partial charge in [0, 0.05) is 6.54 Å². The first-order valence-corrected chi connectivity index (χ1v) is 6.55. The summed E-state index contributed by atoms with van der Waals surface area (Å²) in [7, 11) is 0. The molecule has 3 N–H and O–H groups in total.